The average Bonchev–Trinajstić information content (AvgIpc) is 3.05. The normalized spacial score (nSPS) is 21.9. The second kappa shape index (κ2) is 6.56. The zero-order valence-corrected chi connectivity index (χ0v) is 11.5. The molecule has 6 nitrogen and oxygen atoms in total. The zero-order valence-electron chi connectivity index (χ0n) is 11.5. The van der Waals surface area contributed by atoms with Crippen molar-refractivity contribution >= 4 is 11.9 Å². The van der Waals surface area contributed by atoms with Crippen molar-refractivity contribution < 1.29 is 19.4 Å². The van der Waals surface area contributed by atoms with E-state index in [2.05, 4.69) is 12.2 Å². The molecule has 0 saturated carbocycles. The number of aryl methyl sites for hydroxylation is 1. The molecule has 0 radical (unpaired) electrons. The summed E-state index contributed by atoms with van der Waals surface area (Å²) in [5.41, 5.74) is 0.625. The van der Waals surface area contributed by atoms with Crippen LogP contribution >= 0.6 is 0 Å². The topological polar surface area (TPSA) is 80.6 Å². The van der Waals surface area contributed by atoms with Gasteiger partial charge in [-0.05, 0) is 31.4 Å². The van der Waals surface area contributed by atoms with Crippen molar-refractivity contribution in [3.8, 4) is 0 Å². The van der Waals surface area contributed by atoms with Gasteiger partial charge in [-0.2, -0.15) is 0 Å². The molecule has 2 rings (SSSR count). The molecule has 0 aromatic carbocycles. The van der Waals surface area contributed by atoms with Crippen LogP contribution in [0.3, 0.4) is 0 Å². The highest BCUT2D eigenvalue weighted by atomic mass is 16.5. The first-order chi connectivity index (χ1) is 9.61. The number of hydrogen-bond donors (Lipinski definition) is 2. The Kier molecular flexibility index (Phi) is 4.79. The van der Waals surface area contributed by atoms with Gasteiger partial charge in [-0.1, -0.05) is 6.92 Å². The van der Waals surface area contributed by atoms with Crippen LogP contribution in [0.25, 0.3) is 0 Å². The van der Waals surface area contributed by atoms with Gasteiger partial charge in [0, 0.05) is 19.3 Å². The zero-order chi connectivity index (χ0) is 14.5. The van der Waals surface area contributed by atoms with Gasteiger partial charge < -0.3 is 19.7 Å². The molecular formula is C14H20N2O4. The lowest BCUT2D eigenvalue weighted by atomic mass is 10.2. The number of carbonyl (C=O) groups is 2. The van der Waals surface area contributed by atoms with E-state index in [1.165, 1.54) is 0 Å². The van der Waals surface area contributed by atoms with Crippen molar-refractivity contribution in [3.63, 3.8) is 0 Å². The van der Waals surface area contributed by atoms with E-state index in [0.717, 1.165) is 13.0 Å². The number of nitrogens with zero attached hydrogens (tertiary/aromatic N) is 1. The summed E-state index contributed by atoms with van der Waals surface area (Å²) in [6.07, 6.45) is 3.05. The highest BCUT2D eigenvalue weighted by Crippen LogP contribution is 2.19. The van der Waals surface area contributed by atoms with Crippen molar-refractivity contribution in [3.05, 3.63) is 24.0 Å². The number of carboxylic acid groups (broad SMARTS) is 1. The van der Waals surface area contributed by atoms with E-state index >= 15 is 0 Å². The van der Waals surface area contributed by atoms with Gasteiger partial charge in [-0.15, -0.1) is 0 Å². The van der Waals surface area contributed by atoms with Crippen LogP contribution in [0, 0.1) is 0 Å². The van der Waals surface area contributed by atoms with Gasteiger partial charge in [-0.25, -0.2) is 4.79 Å². The van der Waals surface area contributed by atoms with E-state index < -0.39 is 12.1 Å². The lowest BCUT2D eigenvalue weighted by Gasteiger charge is -2.13. The van der Waals surface area contributed by atoms with Gasteiger partial charge in [0.2, 0.25) is 0 Å². The fourth-order valence-corrected chi connectivity index (χ4v) is 2.39. The first kappa shape index (κ1) is 14.6. The first-order valence-electron chi connectivity index (χ1n) is 6.93. The van der Waals surface area contributed by atoms with E-state index in [9.17, 15) is 9.59 Å². The number of aromatic nitrogens is 1. The molecule has 0 spiro atoms. The van der Waals surface area contributed by atoms with Gasteiger partial charge in [0.25, 0.3) is 5.91 Å². The molecule has 0 aliphatic carbocycles. The standard InChI is InChI=1S/C14H20N2O4/c1-2-7-16-8-3-4-11(16)13(17)15-9-10-5-6-12(20-10)14(18)19/h3-4,8,10,12H,2,5-7,9H2,1H3,(H,15,17)(H,18,19). The predicted molar refractivity (Wildman–Crippen MR) is 72.6 cm³/mol. The van der Waals surface area contributed by atoms with Gasteiger partial charge >= 0.3 is 5.97 Å². The second-order valence-corrected chi connectivity index (χ2v) is 4.96. The summed E-state index contributed by atoms with van der Waals surface area (Å²) < 4.78 is 7.25. The number of rotatable bonds is 6. The highest BCUT2D eigenvalue weighted by Gasteiger charge is 2.30. The number of ether oxygens (including phenoxy) is 1. The molecule has 20 heavy (non-hydrogen) atoms. The van der Waals surface area contributed by atoms with Gasteiger partial charge in [0.05, 0.1) is 6.10 Å². The molecule has 1 aromatic heterocycles. The van der Waals surface area contributed by atoms with Crippen LogP contribution in [0.2, 0.25) is 0 Å². The van der Waals surface area contributed by atoms with Crippen molar-refractivity contribution in [1.82, 2.24) is 9.88 Å². The molecule has 1 aliphatic rings. The van der Waals surface area contributed by atoms with Gasteiger partial charge in [-0.3, -0.25) is 4.79 Å². The quantitative estimate of drug-likeness (QED) is 0.822. The molecule has 1 amide bonds. The number of hydrogen-bond acceptors (Lipinski definition) is 3. The van der Waals surface area contributed by atoms with Crippen LogP contribution in [-0.2, 0) is 16.1 Å². The number of nitrogens with one attached hydrogen (secondary N) is 1. The molecule has 2 N–H and O–H groups in total. The predicted octanol–water partition coefficient (Wildman–Crippen LogP) is 1.26. The number of amides is 1. The summed E-state index contributed by atoms with van der Waals surface area (Å²) in [6, 6.07) is 3.62. The molecule has 6 heteroatoms. The monoisotopic (exact) mass is 280 g/mol. The average molecular weight is 280 g/mol. The van der Waals surface area contributed by atoms with E-state index in [1.807, 2.05) is 16.8 Å². The first-order valence-corrected chi connectivity index (χ1v) is 6.93. The summed E-state index contributed by atoms with van der Waals surface area (Å²) >= 11 is 0. The van der Waals surface area contributed by atoms with E-state index in [1.54, 1.807) is 6.07 Å². The molecule has 1 aliphatic heterocycles. The second-order valence-electron chi connectivity index (χ2n) is 4.96. The Labute approximate surface area is 117 Å². The maximum atomic E-state index is 12.1. The minimum absolute atomic E-state index is 0.147. The molecule has 2 atom stereocenters. The fourth-order valence-electron chi connectivity index (χ4n) is 2.39. The summed E-state index contributed by atoms with van der Waals surface area (Å²) in [7, 11) is 0. The van der Waals surface area contributed by atoms with Crippen LogP contribution < -0.4 is 5.32 Å². The van der Waals surface area contributed by atoms with Crippen LogP contribution in [0.5, 0.6) is 0 Å². The number of carboxylic acids is 1. The minimum Gasteiger partial charge on any atom is -0.479 e. The van der Waals surface area contributed by atoms with Crippen LogP contribution in [0.1, 0.15) is 36.7 Å². The largest absolute Gasteiger partial charge is 0.479 e. The Bertz CT molecular complexity index is 483. The van der Waals surface area contributed by atoms with Crippen molar-refractivity contribution in [2.24, 2.45) is 0 Å². The van der Waals surface area contributed by atoms with Crippen molar-refractivity contribution in [1.29, 1.82) is 0 Å². The van der Waals surface area contributed by atoms with Crippen LogP contribution in [0.4, 0.5) is 0 Å². The molecule has 1 aromatic rings. The summed E-state index contributed by atoms with van der Waals surface area (Å²) in [6.45, 7) is 3.21. The third-order valence-electron chi connectivity index (χ3n) is 3.40. The smallest absolute Gasteiger partial charge is 0.332 e. The van der Waals surface area contributed by atoms with E-state index in [4.69, 9.17) is 9.84 Å². The Morgan fingerprint density at radius 1 is 1.50 bits per heavy atom. The Morgan fingerprint density at radius 3 is 2.95 bits per heavy atom. The van der Waals surface area contributed by atoms with E-state index in [-0.39, 0.29) is 12.0 Å². The molecule has 1 fully saturated rings. The van der Waals surface area contributed by atoms with Crippen LogP contribution in [-0.4, -0.2) is 40.3 Å². The third kappa shape index (κ3) is 3.39. The van der Waals surface area contributed by atoms with Gasteiger partial charge in [0.1, 0.15) is 5.69 Å². The molecule has 2 heterocycles. The summed E-state index contributed by atoms with van der Waals surface area (Å²) in [4.78, 5) is 22.8. The summed E-state index contributed by atoms with van der Waals surface area (Å²) in [5, 5.41) is 11.6. The summed E-state index contributed by atoms with van der Waals surface area (Å²) in [5.74, 6) is -1.08. The molecule has 2 unspecified atom stereocenters. The molecule has 0 bridgehead atoms. The lowest BCUT2D eigenvalue weighted by Crippen LogP contribution is -2.34. The third-order valence-corrected chi connectivity index (χ3v) is 3.40. The van der Waals surface area contributed by atoms with Crippen molar-refractivity contribution in [2.45, 2.75) is 44.9 Å². The Morgan fingerprint density at radius 2 is 2.30 bits per heavy atom. The SMILES string of the molecule is CCCn1cccc1C(=O)NCC1CCC(C(=O)O)O1. The maximum absolute atomic E-state index is 12.1. The van der Waals surface area contributed by atoms with Crippen LogP contribution in [0.15, 0.2) is 18.3 Å². The number of carbonyl (C=O) groups excluding carboxylic acids is 1. The minimum atomic E-state index is -0.935. The lowest BCUT2D eigenvalue weighted by molar-refractivity contribution is -0.149. The fraction of sp³-hybridized carbons (Fsp3) is 0.571. The van der Waals surface area contributed by atoms with Crippen molar-refractivity contribution in [2.75, 3.05) is 6.54 Å². The highest BCUT2D eigenvalue weighted by molar-refractivity contribution is 5.92. The molecule has 110 valence electrons. The Balaban J connectivity index is 1.83. The Hall–Kier alpha value is -1.82. The maximum Gasteiger partial charge on any atom is 0.332 e. The van der Waals surface area contributed by atoms with Gasteiger partial charge in [0.15, 0.2) is 6.10 Å². The van der Waals surface area contributed by atoms with E-state index in [0.29, 0.717) is 25.1 Å². The molecular weight excluding hydrogens is 260 g/mol. The number of aliphatic carboxylic acids is 1. The molecule has 1 saturated heterocycles.